The van der Waals surface area contributed by atoms with Crippen molar-refractivity contribution in [2.45, 2.75) is 12.0 Å². The molecule has 1 aromatic heterocycles. The van der Waals surface area contributed by atoms with E-state index < -0.39 is 5.41 Å². The summed E-state index contributed by atoms with van der Waals surface area (Å²) in [6, 6.07) is 19.3. The number of carbonyl (C=O) groups excluding carboxylic acids is 1. The summed E-state index contributed by atoms with van der Waals surface area (Å²) in [6.07, 6.45) is 1.75. The van der Waals surface area contributed by atoms with Crippen molar-refractivity contribution in [1.82, 2.24) is 4.98 Å². The molecular weight excluding hydrogens is 380 g/mol. The molecular formula is C24H22N2O4. The Morgan fingerprint density at radius 3 is 2.77 bits per heavy atom. The Kier molecular flexibility index (Phi) is 4.64. The zero-order valence-corrected chi connectivity index (χ0v) is 16.7. The molecule has 1 amide bonds. The van der Waals surface area contributed by atoms with Crippen molar-refractivity contribution in [1.29, 1.82) is 0 Å². The normalized spacial score (nSPS) is 19.0. The summed E-state index contributed by atoms with van der Waals surface area (Å²) >= 11 is 0. The van der Waals surface area contributed by atoms with Crippen molar-refractivity contribution in [3.63, 3.8) is 0 Å². The van der Waals surface area contributed by atoms with Crippen molar-refractivity contribution in [3.8, 4) is 11.5 Å². The summed E-state index contributed by atoms with van der Waals surface area (Å²) in [5, 5.41) is 0. The van der Waals surface area contributed by atoms with E-state index in [9.17, 15) is 4.79 Å². The molecule has 6 heteroatoms. The van der Waals surface area contributed by atoms with Gasteiger partial charge in [-0.1, -0.05) is 24.3 Å². The molecule has 3 heterocycles. The molecule has 0 bridgehead atoms. The number of nitrogens with zero attached hydrogens (tertiary/aromatic N) is 2. The van der Waals surface area contributed by atoms with Gasteiger partial charge >= 0.3 is 0 Å². The zero-order valence-electron chi connectivity index (χ0n) is 16.7. The molecule has 0 saturated heterocycles. The van der Waals surface area contributed by atoms with Crippen LogP contribution in [-0.2, 0) is 21.5 Å². The lowest BCUT2D eigenvalue weighted by atomic mass is 9.77. The highest BCUT2D eigenvalue weighted by molar-refractivity contribution is 6.11. The Hall–Kier alpha value is -3.38. The van der Waals surface area contributed by atoms with E-state index in [0.29, 0.717) is 25.5 Å². The first kappa shape index (κ1) is 18.6. The van der Waals surface area contributed by atoms with Gasteiger partial charge in [0.15, 0.2) is 0 Å². The van der Waals surface area contributed by atoms with Gasteiger partial charge in [-0.15, -0.1) is 0 Å². The van der Waals surface area contributed by atoms with Crippen LogP contribution in [0.15, 0.2) is 66.9 Å². The van der Waals surface area contributed by atoms with E-state index in [1.54, 1.807) is 13.3 Å². The fourth-order valence-corrected chi connectivity index (χ4v) is 4.30. The lowest BCUT2D eigenvalue weighted by molar-refractivity contribution is -0.122. The van der Waals surface area contributed by atoms with Crippen LogP contribution in [0.4, 0.5) is 5.69 Å². The summed E-state index contributed by atoms with van der Waals surface area (Å²) < 4.78 is 16.9. The fourth-order valence-electron chi connectivity index (χ4n) is 4.30. The van der Waals surface area contributed by atoms with E-state index in [4.69, 9.17) is 14.2 Å². The van der Waals surface area contributed by atoms with Crippen LogP contribution in [-0.4, -0.2) is 37.8 Å². The predicted molar refractivity (Wildman–Crippen MR) is 112 cm³/mol. The molecule has 2 aliphatic rings. The third-order valence-electron chi connectivity index (χ3n) is 5.72. The molecule has 0 saturated carbocycles. The van der Waals surface area contributed by atoms with Gasteiger partial charge in [0.25, 0.3) is 0 Å². The molecule has 3 aromatic rings. The quantitative estimate of drug-likeness (QED) is 0.592. The van der Waals surface area contributed by atoms with Crippen LogP contribution >= 0.6 is 0 Å². The first-order chi connectivity index (χ1) is 14.7. The van der Waals surface area contributed by atoms with Gasteiger partial charge < -0.3 is 19.1 Å². The van der Waals surface area contributed by atoms with Crippen LogP contribution < -0.4 is 14.4 Å². The van der Waals surface area contributed by atoms with E-state index in [1.165, 1.54) is 0 Å². The van der Waals surface area contributed by atoms with Gasteiger partial charge in [-0.3, -0.25) is 9.78 Å². The van der Waals surface area contributed by atoms with Crippen LogP contribution in [0.25, 0.3) is 0 Å². The monoisotopic (exact) mass is 402 g/mol. The van der Waals surface area contributed by atoms with Crippen molar-refractivity contribution < 1.29 is 19.0 Å². The Balaban J connectivity index is 1.57. The number of fused-ring (bicyclic) bond motifs is 4. The van der Waals surface area contributed by atoms with Crippen LogP contribution in [0.5, 0.6) is 11.5 Å². The van der Waals surface area contributed by atoms with Crippen LogP contribution in [0, 0.1) is 0 Å². The minimum atomic E-state index is -0.874. The Morgan fingerprint density at radius 2 is 1.93 bits per heavy atom. The molecule has 152 valence electrons. The second-order valence-corrected chi connectivity index (χ2v) is 7.42. The number of benzene rings is 2. The lowest BCUT2D eigenvalue weighted by Gasteiger charge is -2.23. The standard InChI is InChI=1S/C24H22N2O4/c1-28-12-13-29-18-9-10-22-20(14-18)24(16-30-22)19-7-2-3-8-21(19)26(23(24)27)15-17-6-4-5-11-25-17/h2-11,14H,12-13,15-16H2,1H3. The minimum absolute atomic E-state index is 0.00199. The fraction of sp³-hybridized carbons (Fsp3) is 0.250. The van der Waals surface area contributed by atoms with Gasteiger partial charge in [0.05, 0.1) is 18.8 Å². The molecule has 0 aliphatic carbocycles. The summed E-state index contributed by atoms with van der Waals surface area (Å²) in [5.41, 5.74) is 2.67. The summed E-state index contributed by atoms with van der Waals surface area (Å²) in [5.74, 6) is 1.42. The van der Waals surface area contributed by atoms with E-state index in [-0.39, 0.29) is 12.5 Å². The predicted octanol–water partition coefficient (Wildman–Crippen LogP) is 3.33. The number of anilines is 1. The van der Waals surface area contributed by atoms with Gasteiger partial charge in [0.2, 0.25) is 5.91 Å². The largest absolute Gasteiger partial charge is 0.491 e. The average molecular weight is 402 g/mol. The van der Waals surface area contributed by atoms with Crippen LogP contribution in [0.1, 0.15) is 16.8 Å². The van der Waals surface area contributed by atoms with Crippen molar-refractivity contribution in [2.75, 3.05) is 31.8 Å². The number of amides is 1. The molecule has 1 atom stereocenters. The number of carbonyl (C=O) groups is 1. The van der Waals surface area contributed by atoms with E-state index in [2.05, 4.69) is 4.98 Å². The molecule has 2 aromatic carbocycles. The van der Waals surface area contributed by atoms with Gasteiger partial charge in [0.1, 0.15) is 30.1 Å². The van der Waals surface area contributed by atoms with Crippen LogP contribution in [0.3, 0.4) is 0 Å². The number of pyridine rings is 1. The van der Waals surface area contributed by atoms with Gasteiger partial charge in [-0.2, -0.15) is 0 Å². The average Bonchev–Trinajstić information content (AvgIpc) is 3.28. The van der Waals surface area contributed by atoms with E-state index in [0.717, 1.165) is 28.3 Å². The maximum absolute atomic E-state index is 13.9. The SMILES string of the molecule is COCCOc1ccc2c(c1)C1(CO2)C(=O)N(Cc2ccccn2)c2ccccc21. The molecule has 2 aliphatic heterocycles. The first-order valence-corrected chi connectivity index (χ1v) is 9.94. The maximum atomic E-state index is 13.9. The maximum Gasteiger partial charge on any atom is 0.246 e. The topological polar surface area (TPSA) is 60.9 Å². The van der Waals surface area contributed by atoms with Crippen LogP contribution in [0.2, 0.25) is 0 Å². The summed E-state index contributed by atoms with van der Waals surface area (Å²) in [6.45, 7) is 1.63. The number of rotatable bonds is 6. The third kappa shape index (κ3) is 2.83. The second kappa shape index (κ2) is 7.46. The number of hydrogen-bond acceptors (Lipinski definition) is 5. The molecule has 0 fully saturated rings. The number of hydrogen-bond donors (Lipinski definition) is 0. The van der Waals surface area contributed by atoms with E-state index >= 15 is 0 Å². The highest BCUT2D eigenvalue weighted by Crippen LogP contribution is 2.53. The molecule has 0 radical (unpaired) electrons. The Morgan fingerprint density at radius 1 is 1.07 bits per heavy atom. The lowest BCUT2D eigenvalue weighted by Crippen LogP contribution is -2.42. The summed E-state index contributed by atoms with van der Waals surface area (Å²) in [4.78, 5) is 20.1. The molecule has 1 unspecified atom stereocenters. The highest BCUT2D eigenvalue weighted by Gasteiger charge is 2.56. The number of ether oxygens (including phenoxy) is 3. The molecule has 1 spiro atoms. The number of aromatic nitrogens is 1. The zero-order chi connectivity index (χ0) is 20.6. The smallest absolute Gasteiger partial charge is 0.246 e. The minimum Gasteiger partial charge on any atom is -0.491 e. The Bertz CT molecular complexity index is 1090. The molecule has 30 heavy (non-hydrogen) atoms. The van der Waals surface area contributed by atoms with Gasteiger partial charge in [-0.25, -0.2) is 0 Å². The molecule has 0 N–H and O–H groups in total. The summed E-state index contributed by atoms with van der Waals surface area (Å²) in [7, 11) is 1.64. The van der Waals surface area contributed by atoms with Gasteiger partial charge in [-0.05, 0) is 42.0 Å². The molecule has 6 nitrogen and oxygen atoms in total. The third-order valence-corrected chi connectivity index (χ3v) is 5.72. The Labute approximate surface area is 175 Å². The van der Waals surface area contributed by atoms with Crippen molar-refractivity contribution in [2.24, 2.45) is 0 Å². The van der Waals surface area contributed by atoms with Crippen molar-refractivity contribution in [3.05, 3.63) is 83.7 Å². The molecule has 5 rings (SSSR count). The first-order valence-electron chi connectivity index (χ1n) is 9.94. The van der Waals surface area contributed by atoms with E-state index in [1.807, 2.05) is 65.6 Å². The van der Waals surface area contributed by atoms with Crippen molar-refractivity contribution >= 4 is 11.6 Å². The number of para-hydroxylation sites is 1. The van der Waals surface area contributed by atoms with Gasteiger partial charge in [0, 0.05) is 24.6 Å². The number of methoxy groups -OCH3 is 1. The highest BCUT2D eigenvalue weighted by atomic mass is 16.5. The second-order valence-electron chi connectivity index (χ2n) is 7.42.